The molecule has 0 aromatic heterocycles. The fourth-order valence-corrected chi connectivity index (χ4v) is 4.19. The van der Waals surface area contributed by atoms with Crippen LogP contribution in [-0.4, -0.2) is 34.0 Å². The van der Waals surface area contributed by atoms with Crippen LogP contribution in [0, 0.1) is 10.1 Å². The van der Waals surface area contributed by atoms with Gasteiger partial charge in [0.1, 0.15) is 0 Å². The molecule has 0 spiro atoms. The van der Waals surface area contributed by atoms with E-state index in [1.54, 1.807) is 17.0 Å². The second-order valence-corrected chi connectivity index (χ2v) is 7.31. The Morgan fingerprint density at radius 3 is 2.75 bits per heavy atom. The summed E-state index contributed by atoms with van der Waals surface area (Å²) in [4.78, 5) is 29.9. The lowest BCUT2D eigenvalue weighted by molar-refractivity contribution is -0.384. The predicted octanol–water partition coefficient (Wildman–Crippen LogP) is 4.49. The number of amidine groups is 1. The van der Waals surface area contributed by atoms with Crippen LogP contribution in [-0.2, 0) is 5.75 Å². The lowest BCUT2D eigenvalue weighted by Gasteiger charge is -2.19. The topological polar surface area (TPSA) is 75.8 Å². The molecule has 1 amide bonds. The molecule has 1 aliphatic heterocycles. The molecular weight excluding hydrogens is 374 g/mol. The Labute approximate surface area is 166 Å². The minimum absolute atomic E-state index is 0.0650. The molecular formula is C21H17N3O3S. The molecule has 0 bridgehead atoms. The standard InChI is InChI=1S/C21H17N3O3S/c25-20(19-10-4-7-16-6-1-2-9-18(16)19)23-12-11-22-21(23)28-14-15-5-3-8-17(13-15)24(26)27/h1-10,13H,11-12,14H2. The SMILES string of the molecule is O=C(c1cccc2ccccc12)N1CCN=C1SCc1cccc([N+](=O)[O-])c1. The number of nitrogens with zero attached hydrogens (tertiary/aromatic N) is 3. The zero-order chi connectivity index (χ0) is 19.5. The first-order valence-corrected chi connectivity index (χ1v) is 9.82. The quantitative estimate of drug-likeness (QED) is 0.485. The van der Waals surface area contributed by atoms with Crippen LogP contribution in [0.1, 0.15) is 15.9 Å². The highest BCUT2D eigenvalue weighted by Gasteiger charge is 2.26. The Hall–Kier alpha value is -3.19. The summed E-state index contributed by atoms with van der Waals surface area (Å²) in [5, 5.41) is 13.5. The van der Waals surface area contributed by atoms with Gasteiger partial charge in [-0.2, -0.15) is 0 Å². The van der Waals surface area contributed by atoms with Gasteiger partial charge in [0.25, 0.3) is 11.6 Å². The lowest BCUT2D eigenvalue weighted by atomic mass is 10.0. The van der Waals surface area contributed by atoms with Gasteiger partial charge >= 0.3 is 0 Å². The molecule has 28 heavy (non-hydrogen) atoms. The molecule has 0 fully saturated rings. The van der Waals surface area contributed by atoms with Crippen molar-refractivity contribution in [2.24, 2.45) is 4.99 Å². The number of rotatable bonds is 4. The number of amides is 1. The molecule has 3 aromatic rings. The van der Waals surface area contributed by atoms with Gasteiger partial charge in [-0.05, 0) is 22.4 Å². The van der Waals surface area contributed by atoms with E-state index in [9.17, 15) is 14.9 Å². The van der Waals surface area contributed by atoms with Gasteiger partial charge in [-0.15, -0.1) is 0 Å². The largest absolute Gasteiger partial charge is 0.286 e. The molecule has 0 unspecified atom stereocenters. The number of benzene rings is 3. The van der Waals surface area contributed by atoms with Crippen molar-refractivity contribution in [3.63, 3.8) is 0 Å². The first-order valence-electron chi connectivity index (χ1n) is 8.84. The zero-order valence-electron chi connectivity index (χ0n) is 14.9. The van der Waals surface area contributed by atoms with E-state index in [0.717, 1.165) is 16.3 Å². The molecule has 1 heterocycles. The lowest BCUT2D eigenvalue weighted by Crippen LogP contribution is -2.33. The van der Waals surface area contributed by atoms with Gasteiger partial charge in [0.05, 0.1) is 11.5 Å². The Bertz CT molecular complexity index is 1090. The van der Waals surface area contributed by atoms with Crippen molar-refractivity contribution < 1.29 is 9.72 Å². The molecule has 4 rings (SSSR count). The Balaban J connectivity index is 1.52. The number of nitro benzene ring substituents is 1. The molecule has 0 radical (unpaired) electrons. The van der Waals surface area contributed by atoms with Gasteiger partial charge in [-0.25, -0.2) is 0 Å². The van der Waals surface area contributed by atoms with Crippen LogP contribution >= 0.6 is 11.8 Å². The van der Waals surface area contributed by atoms with E-state index in [1.165, 1.54) is 17.8 Å². The first kappa shape index (κ1) is 18.2. The number of hydrogen-bond acceptors (Lipinski definition) is 5. The summed E-state index contributed by atoms with van der Waals surface area (Å²) >= 11 is 1.43. The second kappa shape index (κ2) is 7.82. The monoisotopic (exact) mass is 391 g/mol. The summed E-state index contributed by atoms with van der Waals surface area (Å²) in [7, 11) is 0. The number of nitro groups is 1. The van der Waals surface area contributed by atoms with Crippen LogP contribution < -0.4 is 0 Å². The number of thioether (sulfide) groups is 1. The highest BCUT2D eigenvalue weighted by molar-refractivity contribution is 8.13. The molecule has 0 aliphatic carbocycles. The fraction of sp³-hybridized carbons (Fsp3) is 0.143. The van der Waals surface area contributed by atoms with Gasteiger partial charge in [0, 0.05) is 30.0 Å². The average molecular weight is 391 g/mol. The van der Waals surface area contributed by atoms with Gasteiger partial charge in [0.2, 0.25) is 0 Å². The van der Waals surface area contributed by atoms with E-state index in [4.69, 9.17) is 0 Å². The molecule has 1 aliphatic rings. The Kier molecular flexibility index (Phi) is 5.08. The van der Waals surface area contributed by atoms with E-state index in [1.807, 2.05) is 48.5 Å². The normalized spacial score (nSPS) is 13.6. The van der Waals surface area contributed by atoms with E-state index in [0.29, 0.717) is 29.6 Å². The third kappa shape index (κ3) is 3.61. The highest BCUT2D eigenvalue weighted by Crippen LogP contribution is 2.25. The van der Waals surface area contributed by atoms with Crippen molar-refractivity contribution in [2.75, 3.05) is 13.1 Å². The molecule has 7 heteroatoms. The average Bonchev–Trinajstić information content (AvgIpc) is 3.20. The summed E-state index contributed by atoms with van der Waals surface area (Å²) in [6.07, 6.45) is 0. The Morgan fingerprint density at radius 2 is 1.89 bits per heavy atom. The van der Waals surface area contributed by atoms with Crippen molar-refractivity contribution in [2.45, 2.75) is 5.75 Å². The first-order chi connectivity index (χ1) is 13.6. The summed E-state index contributed by atoms with van der Waals surface area (Å²) < 4.78 is 0. The Morgan fingerprint density at radius 1 is 1.11 bits per heavy atom. The van der Waals surface area contributed by atoms with Crippen LogP contribution in [0.5, 0.6) is 0 Å². The maximum absolute atomic E-state index is 13.2. The second-order valence-electron chi connectivity index (χ2n) is 6.36. The maximum Gasteiger partial charge on any atom is 0.269 e. The number of carbonyl (C=O) groups excluding carboxylic acids is 1. The summed E-state index contributed by atoms with van der Waals surface area (Å²) in [6.45, 7) is 1.10. The molecule has 0 saturated carbocycles. The fourth-order valence-electron chi connectivity index (χ4n) is 3.20. The summed E-state index contributed by atoms with van der Waals surface area (Å²) in [5.41, 5.74) is 1.55. The van der Waals surface area contributed by atoms with Crippen molar-refractivity contribution in [1.29, 1.82) is 0 Å². The van der Waals surface area contributed by atoms with Gasteiger partial charge in [-0.3, -0.25) is 24.8 Å². The van der Waals surface area contributed by atoms with Crippen molar-refractivity contribution in [1.82, 2.24) is 4.90 Å². The third-order valence-electron chi connectivity index (χ3n) is 4.56. The molecule has 0 atom stereocenters. The van der Waals surface area contributed by atoms with Crippen LogP contribution in [0.15, 0.2) is 71.7 Å². The van der Waals surface area contributed by atoms with Crippen LogP contribution in [0.2, 0.25) is 0 Å². The van der Waals surface area contributed by atoms with Crippen molar-refractivity contribution in [3.05, 3.63) is 88.0 Å². The molecule has 0 N–H and O–H groups in total. The zero-order valence-corrected chi connectivity index (χ0v) is 15.8. The van der Waals surface area contributed by atoms with E-state index in [2.05, 4.69) is 4.99 Å². The van der Waals surface area contributed by atoms with Gasteiger partial charge in [-0.1, -0.05) is 60.3 Å². The maximum atomic E-state index is 13.2. The third-order valence-corrected chi connectivity index (χ3v) is 5.64. The molecule has 3 aromatic carbocycles. The van der Waals surface area contributed by atoms with Gasteiger partial charge < -0.3 is 0 Å². The summed E-state index contributed by atoms with van der Waals surface area (Å²) in [5.74, 6) is 0.444. The van der Waals surface area contributed by atoms with Crippen molar-refractivity contribution in [3.8, 4) is 0 Å². The minimum Gasteiger partial charge on any atom is -0.286 e. The van der Waals surface area contributed by atoms with E-state index in [-0.39, 0.29) is 11.6 Å². The van der Waals surface area contributed by atoms with Crippen molar-refractivity contribution >= 4 is 39.3 Å². The molecule has 6 nitrogen and oxygen atoms in total. The number of aliphatic imine (C=N–C) groups is 1. The number of hydrogen-bond donors (Lipinski definition) is 0. The molecule has 140 valence electrons. The van der Waals surface area contributed by atoms with Crippen LogP contribution in [0.25, 0.3) is 10.8 Å². The molecule has 0 saturated heterocycles. The predicted molar refractivity (Wildman–Crippen MR) is 112 cm³/mol. The number of carbonyl (C=O) groups is 1. The highest BCUT2D eigenvalue weighted by atomic mass is 32.2. The summed E-state index contributed by atoms with van der Waals surface area (Å²) in [6, 6.07) is 20.1. The van der Waals surface area contributed by atoms with E-state index >= 15 is 0 Å². The number of non-ortho nitro benzene ring substituents is 1. The minimum atomic E-state index is -0.405. The van der Waals surface area contributed by atoms with Crippen LogP contribution in [0.3, 0.4) is 0 Å². The smallest absolute Gasteiger partial charge is 0.269 e. The van der Waals surface area contributed by atoms with Gasteiger partial charge in [0.15, 0.2) is 5.17 Å². The van der Waals surface area contributed by atoms with E-state index < -0.39 is 4.92 Å². The number of fused-ring (bicyclic) bond motifs is 1. The van der Waals surface area contributed by atoms with Crippen LogP contribution in [0.4, 0.5) is 5.69 Å².